The van der Waals surface area contributed by atoms with Crippen LogP contribution in [0.3, 0.4) is 0 Å². The fraction of sp³-hybridized carbons (Fsp3) is 0.211. The van der Waals surface area contributed by atoms with E-state index in [1.54, 1.807) is 37.5 Å². The SMILES string of the molecule is COc1ccc(C(=O)/C=C2\NCCN2Cc2ccccc2)cc1. The van der Waals surface area contributed by atoms with Crippen LogP contribution >= 0.6 is 0 Å². The minimum absolute atomic E-state index is 0.00452. The third kappa shape index (κ3) is 3.72. The minimum atomic E-state index is -0.00452. The number of nitrogens with one attached hydrogen (secondary N) is 1. The molecule has 0 unspecified atom stereocenters. The summed E-state index contributed by atoms with van der Waals surface area (Å²) in [5.41, 5.74) is 1.89. The van der Waals surface area contributed by atoms with Crippen molar-refractivity contribution in [3.63, 3.8) is 0 Å². The fourth-order valence-corrected chi connectivity index (χ4v) is 2.62. The van der Waals surface area contributed by atoms with E-state index >= 15 is 0 Å². The highest BCUT2D eigenvalue weighted by Gasteiger charge is 2.18. The molecule has 1 heterocycles. The molecule has 0 amide bonds. The number of allylic oxidation sites excluding steroid dienone is 1. The lowest BCUT2D eigenvalue weighted by atomic mass is 10.1. The van der Waals surface area contributed by atoms with Crippen LogP contribution in [0.5, 0.6) is 5.75 Å². The normalized spacial score (nSPS) is 15.5. The van der Waals surface area contributed by atoms with E-state index < -0.39 is 0 Å². The molecule has 0 aromatic heterocycles. The van der Waals surface area contributed by atoms with Gasteiger partial charge in [0.05, 0.1) is 7.11 Å². The molecule has 0 atom stereocenters. The van der Waals surface area contributed by atoms with Crippen molar-refractivity contribution in [1.82, 2.24) is 10.2 Å². The highest BCUT2D eigenvalue weighted by atomic mass is 16.5. The van der Waals surface area contributed by atoms with Crippen LogP contribution < -0.4 is 10.1 Å². The Balaban J connectivity index is 1.73. The average molecular weight is 308 g/mol. The Labute approximate surface area is 136 Å². The van der Waals surface area contributed by atoms with Gasteiger partial charge in [0.15, 0.2) is 5.78 Å². The summed E-state index contributed by atoms with van der Waals surface area (Å²) in [6, 6.07) is 17.4. The first kappa shape index (κ1) is 15.2. The van der Waals surface area contributed by atoms with Crippen LogP contribution in [0.1, 0.15) is 15.9 Å². The molecule has 1 N–H and O–H groups in total. The predicted molar refractivity (Wildman–Crippen MR) is 90.3 cm³/mol. The van der Waals surface area contributed by atoms with E-state index in [9.17, 15) is 4.79 Å². The van der Waals surface area contributed by atoms with Crippen LogP contribution in [0, 0.1) is 0 Å². The summed E-state index contributed by atoms with van der Waals surface area (Å²) < 4.78 is 5.12. The molecule has 2 aromatic carbocycles. The van der Waals surface area contributed by atoms with Gasteiger partial charge in [-0.15, -0.1) is 0 Å². The summed E-state index contributed by atoms with van der Waals surface area (Å²) in [4.78, 5) is 14.6. The van der Waals surface area contributed by atoms with Crippen LogP contribution in [0.25, 0.3) is 0 Å². The number of methoxy groups -OCH3 is 1. The van der Waals surface area contributed by atoms with Gasteiger partial charge in [0.25, 0.3) is 0 Å². The quantitative estimate of drug-likeness (QED) is 0.681. The summed E-state index contributed by atoms with van der Waals surface area (Å²) in [6.07, 6.45) is 1.68. The molecule has 2 aromatic rings. The van der Waals surface area contributed by atoms with E-state index in [1.165, 1.54) is 5.56 Å². The third-order valence-electron chi connectivity index (χ3n) is 3.89. The molecule has 3 rings (SSSR count). The molecule has 4 heteroatoms. The topological polar surface area (TPSA) is 41.6 Å². The Kier molecular flexibility index (Phi) is 4.62. The van der Waals surface area contributed by atoms with E-state index in [-0.39, 0.29) is 5.78 Å². The van der Waals surface area contributed by atoms with Crippen molar-refractivity contribution < 1.29 is 9.53 Å². The summed E-state index contributed by atoms with van der Waals surface area (Å²) in [6.45, 7) is 2.56. The molecule has 1 fully saturated rings. The standard InChI is InChI=1S/C19H20N2O2/c1-23-17-9-7-16(8-10-17)18(22)13-19-20-11-12-21(19)14-15-5-3-2-4-6-15/h2-10,13,20H,11-12,14H2,1H3/b19-13+. The van der Waals surface area contributed by atoms with Gasteiger partial charge in [0.1, 0.15) is 11.6 Å². The van der Waals surface area contributed by atoms with Gasteiger partial charge >= 0.3 is 0 Å². The number of ketones is 1. The van der Waals surface area contributed by atoms with Crippen molar-refractivity contribution >= 4 is 5.78 Å². The fourth-order valence-electron chi connectivity index (χ4n) is 2.62. The number of benzene rings is 2. The van der Waals surface area contributed by atoms with E-state index in [2.05, 4.69) is 22.3 Å². The van der Waals surface area contributed by atoms with E-state index in [1.807, 2.05) is 18.2 Å². The summed E-state index contributed by atoms with van der Waals surface area (Å²) in [5.74, 6) is 1.63. The lowest BCUT2D eigenvalue weighted by molar-refractivity contribution is 0.104. The molecule has 0 aliphatic carbocycles. The second-order valence-corrected chi connectivity index (χ2v) is 5.46. The first-order valence-electron chi connectivity index (χ1n) is 7.69. The molecular weight excluding hydrogens is 288 g/mol. The van der Waals surface area contributed by atoms with Gasteiger partial charge in [0, 0.05) is 31.3 Å². The molecule has 23 heavy (non-hydrogen) atoms. The number of hydrogen-bond acceptors (Lipinski definition) is 4. The van der Waals surface area contributed by atoms with E-state index in [0.717, 1.165) is 31.2 Å². The van der Waals surface area contributed by atoms with E-state index in [0.29, 0.717) is 5.56 Å². The summed E-state index contributed by atoms with van der Waals surface area (Å²) in [5, 5.41) is 3.29. The third-order valence-corrected chi connectivity index (χ3v) is 3.89. The minimum Gasteiger partial charge on any atom is -0.497 e. The van der Waals surface area contributed by atoms with E-state index in [4.69, 9.17) is 4.74 Å². The Morgan fingerprint density at radius 2 is 1.91 bits per heavy atom. The van der Waals surface area contributed by atoms with Crippen molar-refractivity contribution in [1.29, 1.82) is 0 Å². The van der Waals surface area contributed by atoms with Gasteiger partial charge in [-0.3, -0.25) is 4.79 Å². The number of rotatable bonds is 5. The Morgan fingerprint density at radius 1 is 1.17 bits per heavy atom. The van der Waals surface area contributed by atoms with Crippen molar-refractivity contribution in [2.45, 2.75) is 6.54 Å². The van der Waals surface area contributed by atoms with Crippen LogP contribution in [0.2, 0.25) is 0 Å². The summed E-state index contributed by atoms with van der Waals surface area (Å²) in [7, 11) is 1.61. The van der Waals surface area contributed by atoms with Crippen molar-refractivity contribution in [3.05, 3.63) is 77.6 Å². The van der Waals surface area contributed by atoms with Gasteiger partial charge in [-0.2, -0.15) is 0 Å². The highest BCUT2D eigenvalue weighted by molar-refractivity contribution is 6.04. The molecule has 0 saturated carbocycles. The number of nitrogens with zero attached hydrogens (tertiary/aromatic N) is 1. The smallest absolute Gasteiger partial charge is 0.189 e. The van der Waals surface area contributed by atoms with Gasteiger partial charge in [-0.1, -0.05) is 30.3 Å². The van der Waals surface area contributed by atoms with Gasteiger partial charge in [-0.05, 0) is 29.8 Å². The number of ether oxygens (including phenoxy) is 1. The van der Waals surface area contributed by atoms with Crippen molar-refractivity contribution in [2.75, 3.05) is 20.2 Å². The molecule has 1 aliphatic heterocycles. The second-order valence-electron chi connectivity index (χ2n) is 5.46. The predicted octanol–water partition coefficient (Wildman–Crippen LogP) is 2.82. The maximum atomic E-state index is 12.4. The first-order valence-corrected chi connectivity index (χ1v) is 7.69. The molecule has 1 aliphatic rings. The second kappa shape index (κ2) is 7.01. The zero-order valence-corrected chi connectivity index (χ0v) is 13.2. The van der Waals surface area contributed by atoms with Crippen molar-refractivity contribution in [2.24, 2.45) is 0 Å². The highest BCUT2D eigenvalue weighted by Crippen LogP contribution is 2.16. The lowest BCUT2D eigenvalue weighted by Gasteiger charge is -2.18. The maximum Gasteiger partial charge on any atom is 0.189 e. The van der Waals surface area contributed by atoms with Crippen molar-refractivity contribution in [3.8, 4) is 5.75 Å². The van der Waals surface area contributed by atoms with Crippen LogP contribution in [-0.2, 0) is 6.54 Å². The number of carbonyl (C=O) groups is 1. The van der Waals surface area contributed by atoms with Crippen LogP contribution in [0.4, 0.5) is 0 Å². The number of carbonyl (C=O) groups excluding carboxylic acids is 1. The van der Waals surface area contributed by atoms with Crippen LogP contribution in [-0.4, -0.2) is 30.9 Å². The molecular formula is C19H20N2O2. The monoisotopic (exact) mass is 308 g/mol. The molecule has 0 bridgehead atoms. The maximum absolute atomic E-state index is 12.4. The largest absolute Gasteiger partial charge is 0.497 e. The summed E-state index contributed by atoms with van der Waals surface area (Å²) >= 11 is 0. The molecule has 0 radical (unpaired) electrons. The van der Waals surface area contributed by atoms with Gasteiger partial charge in [-0.25, -0.2) is 0 Å². The number of hydrogen-bond donors (Lipinski definition) is 1. The first-order chi connectivity index (χ1) is 11.3. The van der Waals surface area contributed by atoms with Crippen LogP contribution in [0.15, 0.2) is 66.5 Å². The Hall–Kier alpha value is -2.75. The zero-order chi connectivity index (χ0) is 16.1. The Morgan fingerprint density at radius 3 is 2.61 bits per heavy atom. The molecule has 1 saturated heterocycles. The lowest BCUT2D eigenvalue weighted by Crippen LogP contribution is -2.20. The zero-order valence-electron chi connectivity index (χ0n) is 13.2. The Bertz CT molecular complexity index is 693. The molecule has 4 nitrogen and oxygen atoms in total. The molecule has 118 valence electrons. The van der Waals surface area contributed by atoms with Gasteiger partial charge in [0.2, 0.25) is 0 Å². The van der Waals surface area contributed by atoms with Gasteiger partial charge < -0.3 is 15.0 Å². The molecule has 0 spiro atoms. The average Bonchev–Trinajstić information content (AvgIpc) is 3.02.